The van der Waals surface area contributed by atoms with Crippen molar-refractivity contribution in [2.24, 2.45) is 10.9 Å². The number of hydrogen-bond acceptors (Lipinski definition) is 7. The first kappa shape index (κ1) is 24.2. The fourth-order valence-corrected chi connectivity index (χ4v) is 5.34. The lowest BCUT2D eigenvalue weighted by Crippen LogP contribution is -2.32. The normalized spacial score (nSPS) is 19.8. The molecule has 1 aromatic carbocycles. The maximum atomic E-state index is 13.0. The van der Waals surface area contributed by atoms with Crippen LogP contribution in [0.4, 0.5) is 5.69 Å². The van der Waals surface area contributed by atoms with Crippen LogP contribution in [0, 0.1) is 17.2 Å². The van der Waals surface area contributed by atoms with Crippen LogP contribution in [0.25, 0.3) is 11.8 Å². The lowest BCUT2D eigenvalue weighted by molar-refractivity contribution is 0.293. The first-order valence-corrected chi connectivity index (χ1v) is 12.9. The number of anilines is 1. The molecule has 1 aromatic heterocycles. The minimum Gasteiger partial charge on any atom is -0.475 e. The van der Waals surface area contributed by atoms with Gasteiger partial charge in [-0.25, -0.2) is 4.99 Å². The van der Waals surface area contributed by atoms with Gasteiger partial charge in [0.1, 0.15) is 27.4 Å². The summed E-state index contributed by atoms with van der Waals surface area (Å²) < 4.78 is 8.48. The van der Waals surface area contributed by atoms with Crippen molar-refractivity contribution in [2.45, 2.75) is 52.6 Å². The second-order valence-corrected chi connectivity index (χ2v) is 10.2. The molecule has 34 heavy (non-hydrogen) atoms. The molecule has 2 aliphatic rings. The molecule has 0 spiro atoms. The average molecular weight is 480 g/mol. The highest BCUT2D eigenvalue weighted by Gasteiger charge is 2.25. The quantitative estimate of drug-likeness (QED) is 0.629. The Morgan fingerprint density at radius 1 is 1.32 bits per heavy atom. The molecule has 0 bridgehead atoms. The van der Waals surface area contributed by atoms with Gasteiger partial charge in [0.15, 0.2) is 0 Å². The summed E-state index contributed by atoms with van der Waals surface area (Å²) in [5, 5.41) is 13.1. The highest BCUT2D eigenvalue weighted by molar-refractivity contribution is 7.07. The first-order chi connectivity index (χ1) is 16.5. The molecular weight excluding hydrogens is 446 g/mol. The Morgan fingerprint density at radius 2 is 2.06 bits per heavy atom. The lowest BCUT2D eigenvalue weighted by Gasteiger charge is -2.14. The topological polar surface area (TPSA) is 82.7 Å². The van der Waals surface area contributed by atoms with Crippen molar-refractivity contribution in [3.63, 3.8) is 0 Å². The summed E-state index contributed by atoms with van der Waals surface area (Å²) in [6, 6.07) is 10.6. The van der Waals surface area contributed by atoms with Crippen LogP contribution in [-0.2, 0) is 17.7 Å². The standard InChI is InChI=1S/C26H33N5O2S/c1-4-31-25(32)23(34-26(31)21(15-27)24-29-22(17-33-24)18(2)3)16-28-20-9-7-19(8-10-20)11-14-30-12-5-6-13-30/h7-10,16,18,22,28H,4-6,11-14,17H2,1-3H3/t22-/m1/s1. The van der Waals surface area contributed by atoms with Gasteiger partial charge in [0.05, 0.1) is 6.04 Å². The molecule has 4 rings (SSSR count). The number of hydrogen-bond donors (Lipinski definition) is 1. The summed E-state index contributed by atoms with van der Waals surface area (Å²) in [5.74, 6) is 0.669. The number of likely N-dealkylation sites (tertiary alicyclic amines) is 1. The van der Waals surface area contributed by atoms with Crippen LogP contribution in [0.2, 0.25) is 0 Å². The zero-order chi connectivity index (χ0) is 24.1. The predicted molar refractivity (Wildman–Crippen MR) is 138 cm³/mol. The number of aliphatic imine (C=N–C) groups is 1. The summed E-state index contributed by atoms with van der Waals surface area (Å²) in [4.78, 5) is 20.1. The van der Waals surface area contributed by atoms with Gasteiger partial charge in [-0.2, -0.15) is 5.26 Å². The summed E-state index contributed by atoms with van der Waals surface area (Å²) in [6.45, 7) is 10.5. The SMILES string of the molecule is CCn1c(=C(C#N)C2=N[C@@H](C(C)C)CO2)sc(=CNc2ccc(CCN3CCCC3)cc2)c1=O. The Bertz CT molecular complexity index is 1240. The van der Waals surface area contributed by atoms with Gasteiger partial charge in [-0.05, 0) is 62.9 Å². The maximum absolute atomic E-state index is 13.0. The van der Waals surface area contributed by atoms with Crippen LogP contribution in [0.15, 0.2) is 34.1 Å². The van der Waals surface area contributed by atoms with Gasteiger partial charge in [-0.15, -0.1) is 11.3 Å². The Balaban J connectivity index is 1.55. The number of aromatic nitrogens is 1. The highest BCUT2D eigenvalue weighted by Crippen LogP contribution is 2.17. The van der Waals surface area contributed by atoms with Crippen LogP contribution in [0.1, 0.15) is 39.2 Å². The van der Waals surface area contributed by atoms with E-state index in [4.69, 9.17) is 4.74 Å². The van der Waals surface area contributed by atoms with E-state index in [9.17, 15) is 10.1 Å². The van der Waals surface area contributed by atoms with Crippen molar-refractivity contribution < 1.29 is 4.74 Å². The minimum absolute atomic E-state index is 0.0335. The third-order valence-corrected chi connectivity index (χ3v) is 7.58. The van der Waals surface area contributed by atoms with E-state index in [0.29, 0.717) is 39.7 Å². The molecule has 1 fully saturated rings. The number of nitrogens with zero attached hydrogens (tertiary/aromatic N) is 4. The van der Waals surface area contributed by atoms with Crippen molar-refractivity contribution in [1.29, 1.82) is 5.26 Å². The van der Waals surface area contributed by atoms with E-state index in [2.05, 4.69) is 47.3 Å². The molecule has 1 atom stereocenters. The second-order valence-electron chi connectivity index (χ2n) is 9.15. The highest BCUT2D eigenvalue weighted by atomic mass is 32.1. The van der Waals surface area contributed by atoms with Crippen molar-refractivity contribution in [3.8, 4) is 6.07 Å². The van der Waals surface area contributed by atoms with E-state index < -0.39 is 0 Å². The molecule has 8 heteroatoms. The number of rotatable bonds is 8. The third kappa shape index (κ3) is 5.43. The van der Waals surface area contributed by atoms with Gasteiger partial charge in [-0.3, -0.25) is 9.36 Å². The van der Waals surface area contributed by atoms with E-state index in [-0.39, 0.29) is 11.6 Å². The number of benzene rings is 1. The molecule has 7 nitrogen and oxygen atoms in total. The molecule has 180 valence electrons. The van der Waals surface area contributed by atoms with Crippen LogP contribution in [0.3, 0.4) is 0 Å². The Kier molecular flexibility index (Phi) is 7.86. The van der Waals surface area contributed by atoms with Gasteiger partial charge < -0.3 is 15.0 Å². The monoisotopic (exact) mass is 479 g/mol. The number of nitriles is 1. The molecule has 0 unspecified atom stereocenters. The largest absolute Gasteiger partial charge is 0.475 e. The van der Waals surface area contributed by atoms with Gasteiger partial charge >= 0.3 is 0 Å². The molecule has 1 N–H and O–H groups in total. The fourth-order valence-electron chi connectivity index (χ4n) is 4.26. The van der Waals surface area contributed by atoms with Crippen molar-refractivity contribution in [1.82, 2.24) is 9.47 Å². The van der Waals surface area contributed by atoms with Gasteiger partial charge in [0, 0.05) is 25.0 Å². The summed E-state index contributed by atoms with van der Waals surface area (Å²) in [6.07, 6.45) is 5.41. The van der Waals surface area contributed by atoms with Gasteiger partial charge in [0.2, 0.25) is 5.90 Å². The lowest BCUT2D eigenvalue weighted by atomic mass is 10.1. The van der Waals surface area contributed by atoms with Gasteiger partial charge in [-0.1, -0.05) is 26.0 Å². The summed E-state index contributed by atoms with van der Waals surface area (Å²) >= 11 is 1.29. The molecule has 2 aromatic rings. The molecule has 0 radical (unpaired) electrons. The van der Waals surface area contributed by atoms with Crippen LogP contribution < -0.4 is 20.1 Å². The first-order valence-electron chi connectivity index (χ1n) is 12.1. The van der Waals surface area contributed by atoms with Crippen molar-refractivity contribution in [2.75, 3.05) is 31.6 Å². The van der Waals surface area contributed by atoms with Crippen molar-refractivity contribution >= 4 is 34.7 Å². The predicted octanol–water partition coefficient (Wildman–Crippen LogP) is 2.55. The Hall–Kier alpha value is -2.89. The van der Waals surface area contributed by atoms with Crippen LogP contribution in [0.5, 0.6) is 0 Å². The van der Waals surface area contributed by atoms with E-state index in [1.165, 1.54) is 42.8 Å². The maximum Gasteiger partial charge on any atom is 0.270 e. The summed E-state index contributed by atoms with van der Waals surface area (Å²) in [7, 11) is 0. The molecule has 0 aliphatic carbocycles. The Morgan fingerprint density at radius 3 is 2.68 bits per heavy atom. The van der Waals surface area contributed by atoms with E-state index in [1.807, 2.05) is 19.1 Å². The molecule has 1 saturated heterocycles. The molecular formula is C26H33N5O2S. The smallest absolute Gasteiger partial charge is 0.270 e. The van der Waals surface area contributed by atoms with Crippen LogP contribution in [-0.4, -0.2) is 47.6 Å². The molecule has 2 aliphatic heterocycles. The van der Waals surface area contributed by atoms with Gasteiger partial charge in [0.25, 0.3) is 5.56 Å². The zero-order valence-electron chi connectivity index (χ0n) is 20.2. The zero-order valence-corrected chi connectivity index (χ0v) is 21.0. The summed E-state index contributed by atoms with van der Waals surface area (Å²) in [5.41, 5.74) is 2.45. The van der Waals surface area contributed by atoms with Crippen LogP contribution >= 0.6 is 11.3 Å². The third-order valence-electron chi connectivity index (χ3n) is 6.45. The minimum atomic E-state index is -0.121. The number of ether oxygens (including phenoxy) is 1. The second kappa shape index (κ2) is 11.0. The Labute approximate surface area is 204 Å². The van der Waals surface area contributed by atoms with E-state index in [0.717, 1.165) is 18.7 Å². The molecule has 0 saturated carbocycles. The van der Waals surface area contributed by atoms with E-state index >= 15 is 0 Å². The fraction of sp³-hybridized carbons (Fsp3) is 0.500. The van der Waals surface area contributed by atoms with Crippen molar-refractivity contribution in [3.05, 3.63) is 49.4 Å². The number of nitrogens with one attached hydrogen (secondary N) is 1. The van der Waals surface area contributed by atoms with E-state index in [1.54, 1.807) is 10.8 Å². The average Bonchev–Trinajstić information content (AvgIpc) is 3.59. The molecule has 0 amide bonds. The number of thiazole rings is 1. The molecule has 3 heterocycles.